The Morgan fingerprint density at radius 2 is 1.96 bits per heavy atom. The second kappa shape index (κ2) is 6.73. The number of hydrogen-bond acceptors (Lipinski definition) is 2. The predicted octanol–water partition coefficient (Wildman–Crippen LogP) is 4.09. The number of carbonyl (C=O) groups excluding carboxylic acids is 1. The minimum absolute atomic E-state index is 0.0139. The third-order valence-electron chi connectivity index (χ3n) is 4.20. The Labute approximate surface area is 137 Å². The summed E-state index contributed by atoms with van der Waals surface area (Å²) in [7, 11) is 0. The number of aryl methyl sites for hydroxylation is 1. The fourth-order valence-electron chi connectivity index (χ4n) is 2.83. The summed E-state index contributed by atoms with van der Waals surface area (Å²) < 4.78 is 0. The van der Waals surface area contributed by atoms with Gasteiger partial charge in [0.05, 0.1) is 0 Å². The molecular formula is C19H23N3O. The first kappa shape index (κ1) is 15.4. The van der Waals surface area contributed by atoms with Crippen LogP contribution in [-0.4, -0.2) is 19.1 Å². The third-order valence-corrected chi connectivity index (χ3v) is 4.20. The summed E-state index contributed by atoms with van der Waals surface area (Å²) in [6, 6.07) is 16.8. The number of amides is 2. The topological polar surface area (TPSA) is 44.4 Å². The van der Waals surface area contributed by atoms with Crippen LogP contribution in [0.3, 0.4) is 0 Å². The Kier molecular flexibility index (Phi) is 4.51. The van der Waals surface area contributed by atoms with Crippen LogP contribution in [0.25, 0.3) is 0 Å². The Morgan fingerprint density at radius 3 is 2.70 bits per heavy atom. The van der Waals surface area contributed by atoms with Crippen molar-refractivity contribution in [1.29, 1.82) is 0 Å². The molecule has 0 bridgehead atoms. The maximum atomic E-state index is 12.0. The summed E-state index contributed by atoms with van der Waals surface area (Å²) in [5.74, 6) is 0. The number of rotatable bonds is 4. The third kappa shape index (κ3) is 3.65. The van der Waals surface area contributed by atoms with Crippen molar-refractivity contribution in [3.63, 3.8) is 0 Å². The van der Waals surface area contributed by atoms with Crippen molar-refractivity contribution >= 4 is 17.4 Å². The average Bonchev–Trinajstić information content (AvgIpc) is 2.56. The van der Waals surface area contributed by atoms with Crippen LogP contribution in [0, 0.1) is 6.92 Å². The lowest BCUT2D eigenvalue weighted by molar-refractivity contribution is 0.243. The molecule has 1 unspecified atom stereocenters. The minimum atomic E-state index is -0.0139. The highest BCUT2D eigenvalue weighted by Gasteiger charge is 2.19. The van der Waals surface area contributed by atoms with Crippen LogP contribution >= 0.6 is 0 Å². The molecule has 1 heterocycles. The summed E-state index contributed by atoms with van der Waals surface area (Å²) in [5, 5.41) is 6.40. The molecule has 3 rings (SSSR count). The summed E-state index contributed by atoms with van der Waals surface area (Å²) >= 11 is 0. The molecule has 0 aliphatic carbocycles. The van der Waals surface area contributed by atoms with Crippen molar-refractivity contribution < 1.29 is 4.79 Å². The lowest BCUT2D eigenvalue weighted by Crippen LogP contribution is -2.46. The maximum Gasteiger partial charge on any atom is 0.321 e. The summed E-state index contributed by atoms with van der Waals surface area (Å²) in [4.78, 5) is 13.8. The van der Waals surface area contributed by atoms with Crippen LogP contribution < -0.4 is 15.5 Å². The first-order valence-electron chi connectivity index (χ1n) is 8.12. The van der Waals surface area contributed by atoms with Gasteiger partial charge in [0.15, 0.2) is 0 Å². The largest absolute Gasteiger partial charge is 0.378 e. The van der Waals surface area contributed by atoms with E-state index in [9.17, 15) is 4.79 Å². The molecule has 1 atom stereocenters. The van der Waals surface area contributed by atoms with Gasteiger partial charge in [-0.1, -0.05) is 35.9 Å². The number of benzene rings is 2. The van der Waals surface area contributed by atoms with Crippen molar-refractivity contribution in [2.45, 2.75) is 26.3 Å². The number of anilines is 2. The van der Waals surface area contributed by atoms with Gasteiger partial charge in [-0.25, -0.2) is 4.79 Å². The van der Waals surface area contributed by atoms with Gasteiger partial charge in [-0.05, 0) is 44.0 Å². The van der Waals surface area contributed by atoms with Crippen molar-refractivity contribution in [2.75, 3.05) is 23.3 Å². The van der Waals surface area contributed by atoms with E-state index in [0.29, 0.717) is 0 Å². The zero-order valence-corrected chi connectivity index (χ0v) is 13.7. The van der Waals surface area contributed by atoms with Crippen LogP contribution in [0.4, 0.5) is 16.2 Å². The monoisotopic (exact) mass is 309 g/mol. The van der Waals surface area contributed by atoms with Crippen molar-refractivity contribution in [3.05, 3.63) is 59.7 Å². The Morgan fingerprint density at radius 1 is 1.17 bits per heavy atom. The highest BCUT2D eigenvalue weighted by molar-refractivity contribution is 5.93. The normalized spacial score (nSPS) is 15.9. The van der Waals surface area contributed by atoms with E-state index in [1.807, 2.05) is 24.3 Å². The molecule has 2 aromatic rings. The molecule has 0 radical (unpaired) electrons. The highest BCUT2D eigenvalue weighted by atomic mass is 16.2. The zero-order valence-electron chi connectivity index (χ0n) is 13.7. The quantitative estimate of drug-likeness (QED) is 0.893. The molecule has 2 amide bonds. The van der Waals surface area contributed by atoms with Crippen molar-refractivity contribution in [1.82, 2.24) is 5.32 Å². The first-order valence-corrected chi connectivity index (χ1v) is 8.12. The summed E-state index contributed by atoms with van der Waals surface area (Å²) in [6.45, 7) is 5.76. The molecule has 0 saturated carbocycles. The van der Waals surface area contributed by atoms with E-state index >= 15 is 0 Å². The fourth-order valence-corrected chi connectivity index (χ4v) is 2.83. The van der Waals surface area contributed by atoms with Gasteiger partial charge in [0.1, 0.15) is 0 Å². The Hall–Kier alpha value is -2.49. The molecule has 4 nitrogen and oxygen atoms in total. The van der Waals surface area contributed by atoms with Gasteiger partial charge in [0.2, 0.25) is 0 Å². The molecule has 2 N–H and O–H groups in total. The molecule has 120 valence electrons. The lowest BCUT2D eigenvalue weighted by atomic mass is 10.1. The Bertz CT molecular complexity index is 681. The van der Waals surface area contributed by atoms with Gasteiger partial charge in [-0.3, -0.25) is 4.90 Å². The summed E-state index contributed by atoms with van der Waals surface area (Å²) in [5.41, 5.74) is 4.47. The van der Waals surface area contributed by atoms with Crippen LogP contribution in [0.15, 0.2) is 48.5 Å². The molecule has 1 fully saturated rings. The second-order valence-electron chi connectivity index (χ2n) is 6.06. The van der Waals surface area contributed by atoms with Gasteiger partial charge in [-0.2, -0.15) is 0 Å². The number of urea groups is 1. The average molecular weight is 309 g/mol. The number of hydrogen-bond donors (Lipinski definition) is 2. The number of nitrogens with zero attached hydrogens (tertiary/aromatic N) is 1. The van der Waals surface area contributed by atoms with Gasteiger partial charge >= 0.3 is 6.03 Å². The predicted molar refractivity (Wildman–Crippen MR) is 95.0 cm³/mol. The number of carbonyl (C=O) groups is 1. The SMILES string of the molecule is Cc1ccc(C(C)Nc2cccc(N3CCCNC3=O)c2)cc1. The second-order valence-corrected chi connectivity index (χ2v) is 6.06. The standard InChI is InChI=1S/C19H23N3O/c1-14-7-9-16(10-8-14)15(2)21-17-5-3-6-18(13-17)22-12-4-11-20-19(22)23/h3,5-10,13,15,21H,4,11-12H2,1-2H3,(H,20,23). The van der Waals surface area contributed by atoms with Crippen LogP contribution in [-0.2, 0) is 0 Å². The van der Waals surface area contributed by atoms with E-state index in [1.165, 1.54) is 11.1 Å². The Balaban J connectivity index is 1.74. The van der Waals surface area contributed by atoms with E-state index in [-0.39, 0.29) is 12.1 Å². The van der Waals surface area contributed by atoms with Crippen molar-refractivity contribution in [3.8, 4) is 0 Å². The molecule has 1 aliphatic rings. The lowest BCUT2D eigenvalue weighted by Gasteiger charge is -2.28. The van der Waals surface area contributed by atoms with Crippen LogP contribution in [0.1, 0.15) is 30.5 Å². The zero-order chi connectivity index (χ0) is 16.2. The van der Waals surface area contributed by atoms with E-state index in [1.54, 1.807) is 4.90 Å². The van der Waals surface area contributed by atoms with Crippen LogP contribution in [0.5, 0.6) is 0 Å². The molecule has 4 heteroatoms. The molecular weight excluding hydrogens is 286 g/mol. The summed E-state index contributed by atoms with van der Waals surface area (Å²) in [6.07, 6.45) is 0.975. The van der Waals surface area contributed by atoms with Crippen molar-refractivity contribution in [2.24, 2.45) is 0 Å². The van der Waals surface area contributed by atoms with Gasteiger partial charge in [0.25, 0.3) is 0 Å². The van der Waals surface area contributed by atoms with Gasteiger partial charge in [-0.15, -0.1) is 0 Å². The van der Waals surface area contributed by atoms with Gasteiger partial charge in [0, 0.05) is 30.5 Å². The number of nitrogens with one attached hydrogen (secondary N) is 2. The molecule has 0 spiro atoms. The molecule has 0 aromatic heterocycles. The van der Waals surface area contributed by atoms with E-state index < -0.39 is 0 Å². The molecule has 23 heavy (non-hydrogen) atoms. The minimum Gasteiger partial charge on any atom is -0.378 e. The first-order chi connectivity index (χ1) is 11.1. The molecule has 1 saturated heterocycles. The molecule has 1 aliphatic heterocycles. The molecule has 2 aromatic carbocycles. The van der Waals surface area contributed by atoms with E-state index in [4.69, 9.17) is 0 Å². The fraction of sp³-hybridized carbons (Fsp3) is 0.316. The van der Waals surface area contributed by atoms with Crippen LogP contribution in [0.2, 0.25) is 0 Å². The van der Waals surface area contributed by atoms with E-state index in [2.05, 4.69) is 48.7 Å². The van der Waals surface area contributed by atoms with Gasteiger partial charge < -0.3 is 10.6 Å². The van der Waals surface area contributed by atoms with E-state index in [0.717, 1.165) is 30.9 Å². The maximum absolute atomic E-state index is 12.0. The highest BCUT2D eigenvalue weighted by Crippen LogP contribution is 2.24. The smallest absolute Gasteiger partial charge is 0.321 e.